The van der Waals surface area contributed by atoms with Crippen LogP contribution in [0.2, 0.25) is 0 Å². The largest absolute Gasteiger partial charge is 0.384 e. The van der Waals surface area contributed by atoms with Gasteiger partial charge in [-0.1, -0.05) is 13.8 Å². The highest BCUT2D eigenvalue weighted by Gasteiger charge is 1.98. The summed E-state index contributed by atoms with van der Waals surface area (Å²) in [5, 5.41) is 0. The second-order valence-electron chi connectivity index (χ2n) is 3.63. The lowest BCUT2D eigenvalue weighted by Gasteiger charge is -2.02. The Labute approximate surface area is 83.7 Å². The summed E-state index contributed by atoms with van der Waals surface area (Å²) in [5.41, 5.74) is 6.49. The molecule has 2 nitrogen and oxygen atoms in total. The first kappa shape index (κ1) is 10.7. The number of amidine groups is 1. The van der Waals surface area contributed by atoms with E-state index in [0.29, 0.717) is 18.3 Å². The molecule has 0 unspecified atom stereocenters. The van der Waals surface area contributed by atoms with Crippen LogP contribution in [0.1, 0.15) is 19.4 Å². The Morgan fingerprint density at radius 2 is 1.93 bits per heavy atom. The van der Waals surface area contributed by atoms with E-state index in [1.807, 2.05) is 0 Å². The summed E-state index contributed by atoms with van der Waals surface area (Å²) in [4.78, 5) is 4.20. The number of hydrogen-bond donors (Lipinski definition) is 1. The van der Waals surface area contributed by atoms with Crippen LogP contribution >= 0.6 is 0 Å². The van der Waals surface area contributed by atoms with E-state index in [4.69, 9.17) is 5.73 Å². The van der Waals surface area contributed by atoms with Crippen molar-refractivity contribution in [1.29, 1.82) is 0 Å². The molecule has 0 aliphatic carbocycles. The summed E-state index contributed by atoms with van der Waals surface area (Å²) in [6, 6.07) is 6.03. The minimum absolute atomic E-state index is 0.259. The molecule has 0 radical (unpaired) electrons. The molecule has 3 heteroatoms. The van der Waals surface area contributed by atoms with Gasteiger partial charge in [-0.15, -0.1) is 0 Å². The van der Waals surface area contributed by atoms with Crippen LogP contribution < -0.4 is 5.73 Å². The molecule has 0 fully saturated rings. The van der Waals surface area contributed by atoms with Gasteiger partial charge in [-0.3, -0.25) is 4.99 Å². The van der Waals surface area contributed by atoms with E-state index >= 15 is 0 Å². The number of nitrogens with two attached hydrogens (primary N) is 1. The van der Waals surface area contributed by atoms with Crippen molar-refractivity contribution in [3.8, 4) is 0 Å². The molecule has 2 N–H and O–H groups in total. The first-order chi connectivity index (χ1) is 6.59. The van der Waals surface area contributed by atoms with Gasteiger partial charge in [-0.25, -0.2) is 4.39 Å². The normalized spacial score (nSPS) is 12.1. The summed E-state index contributed by atoms with van der Waals surface area (Å²) < 4.78 is 12.6. The fourth-order valence-corrected chi connectivity index (χ4v) is 0.993. The monoisotopic (exact) mass is 194 g/mol. The molecule has 1 rings (SSSR count). The Morgan fingerprint density at radius 3 is 2.43 bits per heavy atom. The van der Waals surface area contributed by atoms with Gasteiger partial charge in [-0.05, 0) is 30.2 Å². The predicted molar refractivity (Wildman–Crippen MR) is 56.8 cm³/mol. The highest BCUT2D eigenvalue weighted by molar-refractivity contribution is 5.97. The highest BCUT2D eigenvalue weighted by atomic mass is 19.1. The average molecular weight is 194 g/mol. The molecule has 1 aromatic carbocycles. The molecular formula is C11H15FN2. The zero-order chi connectivity index (χ0) is 10.6. The Hall–Kier alpha value is -1.38. The number of hydrogen-bond acceptors (Lipinski definition) is 1. The average Bonchev–Trinajstić information content (AvgIpc) is 2.15. The van der Waals surface area contributed by atoms with E-state index < -0.39 is 0 Å². The van der Waals surface area contributed by atoms with Gasteiger partial charge in [0, 0.05) is 12.1 Å². The van der Waals surface area contributed by atoms with E-state index in [-0.39, 0.29) is 5.82 Å². The lowest BCUT2D eigenvalue weighted by Crippen LogP contribution is -2.14. The van der Waals surface area contributed by atoms with E-state index in [1.165, 1.54) is 12.1 Å². The lowest BCUT2D eigenvalue weighted by atomic mass is 10.2. The van der Waals surface area contributed by atoms with Gasteiger partial charge in [0.15, 0.2) is 0 Å². The number of rotatable bonds is 3. The van der Waals surface area contributed by atoms with E-state index in [0.717, 1.165) is 5.56 Å². The third-order valence-corrected chi connectivity index (χ3v) is 1.77. The number of nitrogens with zero attached hydrogens (tertiary/aromatic N) is 1. The van der Waals surface area contributed by atoms with E-state index in [2.05, 4.69) is 18.8 Å². The molecule has 0 aliphatic heterocycles. The van der Waals surface area contributed by atoms with Crippen LogP contribution in [-0.2, 0) is 0 Å². The minimum atomic E-state index is -0.259. The van der Waals surface area contributed by atoms with Gasteiger partial charge in [0.1, 0.15) is 11.7 Å². The standard InChI is InChI=1S/C11H15FN2/c1-8(2)7-14-11(13)9-3-5-10(12)6-4-9/h3-6,8H,7H2,1-2H3,(H2,13,14). The van der Waals surface area contributed by atoms with Crippen molar-refractivity contribution in [3.63, 3.8) is 0 Å². The molecule has 1 aromatic rings. The molecule has 0 aliphatic rings. The van der Waals surface area contributed by atoms with Crippen LogP contribution in [0.5, 0.6) is 0 Å². The third kappa shape index (κ3) is 3.17. The van der Waals surface area contributed by atoms with Gasteiger partial charge in [0.2, 0.25) is 0 Å². The van der Waals surface area contributed by atoms with Crippen LogP contribution in [0.4, 0.5) is 4.39 Å². The van der Waals surface area contributed by atoms with Gasteiger partial charge in [0.05, 0.1) is 0 Å². The smallest absolute Gasteiger partial charge is 0.125 e. The first-order valence-electron chi connectivity index (χ1n) is 4.65. The van der Waals surface area contributed by atoms with Gasteiger partial charge < -0.3 is 5.73 Å². The van der Waals surface area contributed by atoms with Gasteiger partial charge in [0.25, 0.3) is 0 Å². The molecule has 0 amide bonds. The van der Waals surface area contributed by atoms with Crippen LogP contribution in [0, 0.1) is 11.7 Å². The summed E-state index contributed by atoms with van der Waals surface area (Å²) in [5.74, 6) is 0.693. The van der Waals surface area contributed by atoms with Crippen molar-refractivity contribution in [2.24, 2.45) is 16.6 Å². The SMILES string of the molecule is CC(C)CN=C(N)c1ccc(F)cc1. The van der Waals surface area contributed by atoms with Crippen LogP contribution in [-0.4, -0.2) is 12.4 Å². The lowest BCUT2D eigenvalue weighted by molar-refractivity contribution is 0.627. The maximum Gasteiger partial charge on any atom is 0.125 e. The van der Waals surface area contributed by atoms with Crippen molar-refractivity contribution < 1.29 is 4.39 Å². The number of aliphatic imine (C=N–C) groups is 1. The second-order valence-corrected chi connectivity index (χ2v) is 3.63. The summed E-state index contributed by atoms with van der Waals surface area (Å²) in [6.45, 7) is 4.84. The summed E-state index contributed by atoms with van der Waals surface area (Å²) in [7, 11) is 0. The zero-order valence-electron chi connectivity index (χ0n) is 8.50. The molecule has 14 heavy (non-hydrogen) atoms. The van der Waals surface area contributed by atoms with Crippen molar-refractivity contribution in [2.45, 2.75) is 13.8 Å². The maximum atomic E-state index is 12.6. The Kier molecular flexibility index (Phi) is 3.63. The summed E-state index contributed by atoms with van der Waals surface area (Å²) in [6.07, 6.45) is 0. The molecule has 0 bridgehead atoms. The summed E-state index contributed by atoms with van der Waals surface area (Å²) >= 11 is 0. The molecule has 0 atom stereocenters. The van der Waals surface area contributed by atoms with Gasteiger partial charge in [-0.2, -0.15) is 0 Å². The molecule has 76 valence electrons. The van der Waals surface area contributed by atoms with Crippen molar-refractivity contribution in [3.05, 3.63) is 35.6 Å². The fourth-order valence-electron chi connectivity index (χ4n) is 0.993. The fraction of sp³-hybridized carbons (Fsp3) is 0.364. The van der Waals surface area contributed by atoms with Crippen molar-refractivity contribution in [1.82, 2.24) is 0 Å². The maximum absolute atomic E-state index is 12.6. The molecule has 0 saturated heterocycles. The quantitative estimate of drug-likeness (QED) is 0.581. The predicted octanol–water partition coefficient (Wildman–Crippen LogP) is 2.19. The first-order valence-corrected chi connectivity index (χ1v) is 4.65. The minimum Gasteiger partial charge on any atom is -0.384 e. The molecule has 0 aromatic heterocycles. The molecule has 0 spiro atoms. The van der Waals surface area contributed by atoms with Gasteiger partial charge >= 0.3 is 0 Å². The van der Waals surface area contributed by atoms with Crippen molar-refractivity contribution >= 4 is 5.84 Å². The topological polar surface area (TPSA) is 38.4 Å². The zero-order valence-corrected chi connectivity index (χ0v) is 8.50. The Balaban J connectivity index is 2.73. The second kappa shape index (κ2) is 4.74. The third-order valence-electron chi connectivity index (χ3n) is 1.77. The van der Waals surface area contributed by atoms with E-state index in [1.54, 1.807) is 12.1 Å². The number of halogens is 1. The molecule has 0 saturated carbocycles. The van der Waals surface area contributed by atoms with Crippen LogP contribution in [0.25, 0.3) is 0 Å². The number of benzene rings is 1. The van der Waals surface area contributed by atoms with E-state index in [9.17, 15) is 4.39 Å². The highest BCUT2D eigenvalue weighted by Crippen LogP contribution is 2.03. The van der Waals surface area contributed by atoms with Crippen LogP contribution in [0.3, 0.4) is 0 Å². The molecular weight excluding hydrogens is 179 g/mol. The molecule has 0 heterocycles. The Morgan fingerprint density at radius 1 is 1.36 bits per heavy atom. The van der Waals surface area contributed by atoms with Crippen LogP contribution in [0.15, 0.2) is 29.3 Å². The Bertz CT molecular complexity index is 315. The van der Waals surface area contributed by atoms with Crippen molar-refractivity contribution in [2.75, 3.05) is 6.54 Å².